The number of ether oxygens (including phenoxy) is 4. The van der Waals surface area contributed by atoms with Crippen LogP contribution >= 0.6 is 0 Å². The summed E-state index contributed by atoms with van der Waals surface area (Å²) in [5, 5.41) is 2.48. The summed E-state index contributed by atoms with van der Waals surface area (Å²) in [6.07, 6.45) is -2.74. The van der Waals surface area contributed by atoms with Crippen LogP contribution in [-0.2, 0) is 35.1 Å². The molecule has 0 unspecified atom stereocenters. The first-order chi connectivity index (χ1) is 22.3. The van der Waals surface area contributed by atoms with E-state index in [4.69, 9.17) is 18.9 Å². The van der Waals surface area contributed by atoms with Crippen LogP contribution in [0.2, 0.25) is 0 Å². The van der Waals surface area contributed by atoms with Gasteiger partial charge >= 0.3 is 24.1 Å². The van der Waals surface area contributed by atoms with Gasteiger partial charge in [0.05, 0.1) is 0 Å². The monoisotopic (exact) mass is 644 g/mol. The molecule has 1 aliphatic rings. The van der Waals surface area contributed by atoms with E-state index in [0.29, 0.717) is 0 Å². The number of nitrogens with one attached hydrogen (secondary N) is 1. The Balaban J connectivity index is 1.44. The Kier molecular flexibility index (Phi) is 11.3. The van der Waals surface area contributed by atoms with E-state index in [1.54, 1.807) is 46.8 Å². The first kappa shape index (κ1) is 35.0. The topological polar surface area (TPSA) is 120 Å². The highest BCUT2D eigenvalue weighted by atomic mass is 16.6. The molecule has 0 aromatic heterocycles. The lowest BCUT2D eigenvalue weighted by Gasteiger charge is -2.31. The maximum absolute atomic E-state index is 13.6. The van der Waals surface area contributed by atoms with Crippen LogP contribution in [0.5, 0.6) is 0 Å². The molecule has 0 aliphatic heterocycles. The highest BCUT2D eigenvalue weighted by Crippen LogP contribution is 2.44. The van der Waals surface area contributed by atoms with E-state index >= 15 is 0 Å². The first-order valence-corrected chi connectivity index (χ1v) is 15.7. The van der Waals surface area contributed by atoms with Crippen LogP contribution in [0.1, 0.15) is 64.2 Å². The quantitative estimate of drug-likeness (QED) is 0.187. The molecule has 4 rings (SSSR count). The lowest BCUT2D eigenvalue weighted by molar-refractivity contribution is -0.162. The van der Waals surface area contributed by atoms with Gasteiger partial charge in [0.2, 0.25) is 0 Å². The number of hydrogen-bond acceptors (Lipinski definition) is 8. The third kappa shape index (κ3) is 8.90. The fraction of sp³-hybridized carbons (Fsp3) is 0.405. The summed E-state index contributed by atoms with van der Waals surface area (Å²) in [4.78, 5) is 54.0. The van der Waals surface area contributed by atoms with E-state index in [9.17, 15) is 19.2 Å². The van der Waals surface area contributed by atoms with Crippen LogP contribution in [0, 0.1) is 5.92 Å². The fourth-order valence-electron chi connectivity index (χ4n) is 5.63. The summed E-state index contributed by atoms with van der Waals surface area (Å²) in [6.45, 7) is 10.1. The Morgan fingerprint density at radius 1 is 0.787 bits per heavy atom. The normalized spacial score (nSPS) is 14.2. The Bertz CT molecular complexity index is 1520. The van der Waals surface area contributed by atoms with Crippen molar-refractivity contribution in [1.29, 1.82) is 0 Å². The number of carbonyl (C=O) groups excluding carboxylic acids is 4. The number of alkyl carbamates (subject to hydrolysis) is 1. The van der Waals surface area contributed by atoms with Crippen molar-refractivity contribution < 1.29 is 38.1 Å². The minimum absolute atomic E-state index is 0.0496. The van der Waals surface area contributed by atoms with Crippen molar-refractivity contribution in [3.05, 3.63) is 95.6 Å². The molecule has 0 heterocycles. The predicted octanol–water partition coefficient (Wildman–Crippen LogP) is 6.46. The van der Waals surface area contributed by atoms with Crippen molar-refractivity contribution in [2.24, 2.45) is 5.92 Å². The smallest absolute Gasteiger partial charge is 0.410 e. The number of amides is 2. The standard InChI is InChI=1S/C37H44N2O8/c1-23(2)32(39(7)36(43)45-22-30-28-19-13-11-17-26(28)27-18-12-14-20-29(27)30)34(41)46-24(3)31(38-35(42)47-37(4,5)6)33(40)44-21-25-15-9-8-10-16-25/h8-20,23-24,30-32H,21-22H2,1-7H3,(H,38,42)/t24-,31-,32+/m1/s1. The van der Waals surface area contributed by atoms with Crippen LogP contribution in [0.25, 0.3) is 11.1 Å². The van der Waals surface area contributed by atoms with Crippen molar-refractivity contribution >= 4 is 24.1 Å². The Morgan fingerprint density at radius 2 is 1.34 bits per heavy atom. The zero-order valence-electron chi connectivity index (χ0n) is 28.0. The molecule has 0 bridgehead atoms. The lowest BCUT2D eigenvalue weighted by Crippen LogP contribution is -2.53. The number of carbonyl (C=O) groups is 4. The van der Waals surface area contributed by atoms with Crippen molar-refractivity contribution in [2.45, 2.75) is 77.9 Å². The molecule has 250 valence electrons. The Hall–Kier alpha value is -4.86. The number of esters is 2. The van der Waals surface area contributed by atoms with Crippen LogP contribution in [0.3, 0.4) is 0 Å². The summed E-state index contributed by atoms with van der Waals surface area (Å²) < 4.78 is 22.3. The molecule has 10 nitrogen and oxygen atoms in total. The molecule has 3 atom stereocenters. The van der Waals surface area contributed by atoms with Gasteiger partial charge in [-0.15, -0.1) is 0 Å². The Labute approximate surface area is 276 Å². The molecular formula is C37H44N2O8. The maximum Gasteiger partial charge on any atom is 0.410 e. The highest BCUT2D eigenvalue weighted by molar-refractivity contribution is 5.85. The zero-order valence-corrected chi connectivity index (χ0v) is 28.0. The molecule has 1 N–H and O–H groups in total. The van der Waals surface area contributed by atoms with Crippen LogP contribution in [-0.4, -0.2) is 66.5 Å². The van der Waals surface area contributed by atoms with Gasteiger partial charge in [-0.3, -0.25) is 4.90 Å². The second-order valence-electron chi connectivity index (χ2n) is 13.0. The molecule has 0 saturated carbocycles. The summed E-state index contributed by atoms with van der Waals surface area (Å²) in [5.74, 6) is -2.10. The number of benzene rings is 3. The van der Waals surface area contributed by atoms with E-state index in [1.807, 2.05) is 54.6 Å². The fourth-order valence-corrected chi connectivity index (χ4v) is 5.63. The minimum atomic E-state index is -1.38. The van der Waals surface area contributed by atoms with Gasteiger partial charge in [0.1, 0.15) is 31.0 Å². The minimum Gasteiger partial charge on any atom is -0.459 e. The molecule has 0 fully saturated rings. The molecule has 1 aliphatic carbocycles. The van der Waals surface area contributed by atoms with E-state index in [2.05, 4.69) is 17.4 Å². The van der Waals surface area contributed by atoms with Gasteiger partial charge in [0, 0.05) is 13.0 Å². The molecule has 3 aromatic rings. The predicted molar refractivity (Wildman–Crippen MR) is 176 cm³/mol. The summed E-state index contributed by atoms with van der Waals surface area (Å²) in [7, 11) is 1.47. The molecular weight excluding hydrogens is 600 g/mol. The molecule has 0 saturated heterocycles. The second kappa shape index (κ2) is 15.2. The average molecular weight is 645 g/mol. The molecule has 2 amide bonds. The van der Waals surface area contributed by atoms with Gasteiger partial charge < -0.3 is 24.3 Å². The number of hydrogen-bond donors (Lipinski definition) is 1. The second-order valence-corrected chi connectivity index (χ2v) is 13.0. The number of fused-ring (bicyclic) bond motifs is 3. The summed E-state index contributed by atoms with van der Waals surface area (Å²) in [5.41, 5.74) is 4.25. The zero-order chi connectivity index (χ0) is 34.3. The van der Waals surface area contributed by atoms with Gasteiger partial charge in [-0.1, -0.05) is 92.7 Å². The van der Waals surface area contributed by atoms with Gasteiger partial charge in [0.15, 0.2) is 6.04 Å². The van der Waals surface area contributed by atoms with Gasteiger partial charge in [-0.25, -0.2) is 19.2 Å². The summed E-state index contributed by atoms with van der Waals surface area (Å²) in [6, 6.07) is 22.6. The Morgan fingerprint density at radius 3 is 1.89 bits per heavy atom. The average Bonchev–Trinajstić information content (AvgIpc) is 3.34. The molecule has 10 heteroatoms. The van der Waals surface area contributed by atoms with Crippen LogP contribution in [0.15, 0.2) is 78.9 Å². The SMILES string of the molecule is CC(C)[C@@H](C(=O)O[C@H](C)[C@@H](NC(=O)OC(C)(C)C)C(=O)OCc1ccccc1)N(C)C(=O)OCC1c2ccccc2-c2ccccc21. The molecule has 0 radical (unpaired) electrons. The van der Waals surface area contributed by atoms with Gasteiger partial charge in [-0.05, 0) is 61.4 Å². The van der Waals surface area contributed by atoms with E-state index in [-0.39, 0.29) is 25.0 Å². The van der Waals surface area contributed by atoms with Crippen molar-refractivity contribution in [3.63, 3.8) is 0 Å². The number of nitrogens with zero attached hydrogens (tertiary/aromatic N) is 1. The highest BCUT2D eigenvalue weighted by Gasteiger charge is 2.38. The third-order valence-corrected chi connectivity index (χ3v) is 7.84. The maximum atomic E-state index is 13.6. The van der Waals surface area contributed by atoms with E-state index in [1.165, 1.54) is 18.9 Å². The van der Waals surface area contributed by atoms with E-state index < -0.39 is 47.9 Å². The number of rotatable bonds is 11. The van der Waals surface area contributed by atoms with E-state index in [0.717, 1.165) is 27.8 Å². The van der Waals surface area contributed by atoms with Crippen molar-refractivity contribution in [3.8, 4) is 11.1 Å². The first-order valence-electron chi connectivity index (χ1n) is 15.7. The molecule has 47 heavy (non-hydrogen) atoms. The van der Waals surface area contributed by atoms with Gasteiger partial charge in [0.25, 0.3) is 0 Å². The van der Waals surface area contributed by atoms with Crippen molar-refractivity contribution in [1.82, 2.24) is 10.2 Å². The van der Waals surface area contributed by atoms with Crippen LogP contribution in [0.4, 0.5) is 9.59 Å². The number of likely N-dealkylation sites (N-methyl/N-ethyl adjacent to an activating group) is 1. The largest absolute Gasteiger partial charge is 0.459 e. The third-order valence-electron chi connectivity index (χ3n) is 7.84. The lowest BCUT2D eigenvalue weighted by atomic mass is 9.98. The van der Waals surface area contributed by atoms with Crippen LogP contribution < -0.4 is 5.32 Å². The summed E-state index contributed by atoms with van der Waals surface area (Å²) >= 11 is 0. The molecule has 3 aromatic carbocycles. The molecule has 0 spiro atoms. The van der Waals surface area contributed by atoms with Gasteiger partial charge in [-0.2, -0.15) is 0 Å². The van der Waals surface area contributed by atoms with Crippen molar-refractivity contribution in [2.75, 3.05) is 13.7 Å².